The molecule has 1 aliphatic rings. The molecule has 2 heterocycles. The second-order valence-corrected chi connectivity index (χ2v) is 9.01. The molecule has 3 aromatic rings. The second kappa shape index (κ2) is 11.0. The van der Waals surface area contributed by atoms with Crippen molar-refractivity contribution in [3.63, 3.8) is 0 Å². The van der Waals surface area contributed by atoms with E-state index in [1.807, 2.05) is 6.07 Å². The fourth-order valence-electron chi connectivity index (χ4n) is 4.86. The van der Waals surface area contributed by atoms with Gasteiger partial charge < -0.3 is 14.6 Å². The molecule has 0 spiro atoms. The zero-order valence-electron chi connectivity index (χ0n) is 21.7. The lowest BCUT2D eigenvalue weighted by Gasteiger charge is -2.39. The maximum absolute atomic E-state index is 13.5. The number of ether oxygens (including phenoxy) is 2. The predicted molar refractivity (Wildman–Crippen MR) is 139 cm³/mol. The number of benzene rings is 2. The first-order valence-corrected chi connectivity index (χ1v) is 12.3. The van der Waals surface area contributed by atoms with Gasteiger partial charge in [-0.05, 0) is 45.4 Å². The van der Waals surface area contributed by atoms with E-state index < -0.39 is 35.5 Å². The standard InChI is InChI=1S/C28H30N4O6/c1-5-37-26(36)19(4)32-22-14-10-9-13-21(22)28(29-16-23(32)33,20-11-7-6-8-12-20)24(25(34)35)38-27-30-17(2)15-18(3)31-27/h6-15,19,24,29H,5,16H2,1-4H3,(H,34,35)/t19?,24-,28+/m1/s1. The van der Waals surface area contributed by atoms with E-state index >= 15 is 0 Å². The zero-order valence-corrected chi connectivity index (χ0v) is 21.7. The van der Waals surface area contributed by atoms with Crippen LogP contribution in [-0.4, -0.2) is 58.2 Å². The third-order valence-electron chi connectivity index (χ3n) is 6.42. The monoisotopic (exact) mass is 518 g/mol. The number of hydrogen-bond acceptors (Lipinski definition) is 8. The normalized spacial score (nSPS) is 18.6. The van der Waals surface area contributed by atoms with Gasteiger partial charge in [-0.15, -0.1) is 0 Å². The van der Waals surface area contributed by atoms with Crippen LogP contribution in [0.1, 0.15) is 36.4 Å². The molecule has 10 nitrogen and oxygen atoms in total. The van der Waals surface area contributed by atoms with Gasteiger partial charge in [0.15, 0.2) is 0 Å². The van der Waals surface area contributed by atoms with Gasteiger partial charge in [-0.2, -0.15) is 0 Å². The molecule has 1 aliphatic heterocycles. The number of nitrogens with zero attached hydrogens (tertiary/aromatic N) is 3. The molecular weight excluding hydrogens is 488 g/mol. The number of aryl methyl sites for hydroxylation is 2. The first-order chi connectivity index (χ1) is 18.2. The molecule has 1 amide bonds. The number of carboxylic acid groups (broad SMARTS) is 1. The summed E-state index contributed by atoms with van der Waals surface area (Å²) >= 11 is 0. The number of carbonyl (C=O) groups excluding carboxylic acids is 2. The van der Waals surface area contributed by atoms with Crippen molar-refractivity contribution in [2.45, 2.75) is 45.4 Å². The Labute approximate surface area is 220 Å². The van der Waals surface area contributed by atoms with E-state index in [-0.39, 0.29) is 19.2 Å². The average Bonchev–Trinajstić information content (AvgIpc) is 3.01. The Morgan fingerprint density at radius 3 is 2.34 bits per heavy atom. The van der Waals surface area contributed by atoms with Crippen molar-refractivity contribution in [1.82, 2.24) is 15.3 Å². The minimum Gasteiger partial charge on any atom is -0.478 e. The van der Waals surface area contributed by atoms with Gasteiger partial charge in [0.05, 0.1) is 18.8 Å². The van der Waals surface area contributed by atoms with Crippen molar-refractivity contribution in [3.8, 4) is 6.01 Å². The molecule has 0 aliphatic carbocycles. The summed E-state index contributed by atoms with van der Waals surface area (Å²) in [4.78, 5) is 49.1. The molecule has 1 unspecified atom stereocenters. The smallest absolute Gasteiger partial charge is 0.347 e. The summed E-state index contributed by atoms with van der Waals surface area (Å²) < 4.78 is 11.3. The van der Waals surface area contributed by atoms with Crippen LogP contribution in [0.25, 0.3) is 0 Å². The second-order valence-electron chi connectivity index (χ2n) is 9.01. The highest BCUT2D eigenvalue weighted by Gasteiger charge is 2.52. The number of hydrogen-bond donors (Lipinski definition) is 2. The van der Waals surface area contributed by atoms with Crippen LogP contribution in [0, 0.1) is 13.8 Å². The number of aliphatic carboxylic acids is 1. The van der Waals surface area contributed by atoms with Gasteiger partial charge in [-0.25, -0.2) is 19.6 Å². The minimum absolute atomic E-state index is 0.100. The van der Waals surface area contributed by atoms with Crippen molar-refractivity contribution in [3.05, 3.63) is 83.2 Å². The number of anilines is 1. The van der Waals surface area contributed by atoms with Gasteiger partial charge >= 0.3 is 17.9 Å². The fourth-order valence-corrected chi connectivity index (χ4v) is 4.86. The molecule has 4 rings (SSSR count). The highest BCUT2D eigenvalue weighted by molar-refractivity contribution is 6.02. The summed E-state index contributed by atoms with van der Waals surface area (Å²) in [5.41, 5.74) is 1.01. The summed E-state index contributed by atoms with van der Waals surface area (Å²) in [6.45, 7) is 6.66. The van der Waals surface area contributed by atoms with Gasteiger partial charge in [0, 0.05) is 17.0 Å². The van der Waals surface area contributed by atoms with E-state index in [4.69, 9.17) is 9.47 Å². The Bertz CT molecular complexity index is 1330. The molecule has 0 bridgehead atoms. The first-order valence-electron chi connectivity index (χ1n) is 12.3. The molecule has 0 radical (unpaired) electrons. The summed E-state index contributed by atoms with van der Waals surface area (Å²) in [5.74, 6) is -2.29. The third kappa shape index (κ3) is 4.95. The number of rotatable bonds is 8. The van der Waals surface area contributed by atoms with E-state index in [0.717, 1.165) is 0 Å². The molecule has 0 saturated carbocycles. The number of para-hydroxylation sites is 1. The van der Waals surface area contributed by atoms with E-state index in [2.05, 4.69) is 15.3 Å². The lowest BCUT2D eigenvalue weighted by atomic mass is 9.77. The maximum atomic E-state index is 13.5. The Kier molecular flexibility index (Phi) is 7.72. The molecule has 10 heteroatoms. The van der Waals surface area contributed by atoms with Crippen LogP contribution in [0.2, 0.25) is 0 Å². The van der Waals surface area contributed by atoms with Crippen molar-refractivity contribution in [2.24, 2.45) is 0 Å². The first kappa shape index (κ1) is 26.7. The van der Waals surface area contributed by atoms with Crippen molar-refractivity contribution in [2.75, 3.05) is 18.1 Å². The van der Waals surface area contributed by atoms with Crippen molar-refractivity contribution < 1.29 is 29.0 Å². The molecule has 3 atom stereocenters. The number of carbonyl (C=O) groups is 3. The molecule has 0 fully saturated rings. The number of amides is 1. The lowest BCUT2D eigenvalue weighted by molar-refractivity contribution is -0.149. The van der Waals surface area contributed by atoms with Crippen LogP contribution in [0.3, 0.4) is 0 Å². The Balaban J connectivity index is 1.98. The predicted octanol–water partition coefficient (Wildman–Crippen LogP) is 2.76. The van der Waals surface area contributed by atoms with Crippen LogP contribution in [-0.2, 0) is 24.7 Å². The number of esters is 1. The Morgan fingerprint density at radius 2 is 1.71 bits per heavy atom. The zero-order chi connectivity index (χ0) is 27.4. The Morgan fingerprint density at radius 1 is 1.08 bits per heavy atom. The molecule has 2 N–H and O–H groups in total. The SMILES string of the molecule is CCOC(=O)C(C)N1C(=O)CN[C@](c2ccccc2)([C@H](Oc2nc(C)cc(C)n2)C(=O)O)c2ccccc21. The van der Waals surface area contributed by atoms with E-state index in [0.29, 0.717) is 28.2 Å². The minimum atomic E-state index is -1.60. The highest BCUT2D eigenvalue weighted by atomic mass is 16.5. The van der Waals surface area contributed by atoms with Gasteiger partial charge in [0.1, 0.15) is 11.6 Å². The van der Waals surface area contributed by atoms with Gasteiger partial charge in [0.2, 0.25) is 12.0 Å². The van der Waals surface area contributed by atoms with Gasteiger partial charge in [-0.1, -0.05) is 48.5 Å². The number of aromatic nitrogens is 2. The van der Waals surface area contributed by atoms with Crippen LogP contribution in [0.15, 0.2) is 60.7 Å². The molecule has 2 aromatic carbocycles. The molecule has 198 valence electrons. The summed E-state index contributed by atoms with van der Waals surface area (Å²) in [5, 5.41) is 13.8. The van der Waals surface area contributed by atoms with Crippen LogP contribution in [0.5, 0.6) is 6.01 Å². The van der Waals surface area contributed by atoms with Gasteiger partial charge in [-0.3, -0.25) is 15.0 Å². The number of nitrogens with one attached hydrogen (secondary N) is 1. The van der Waals surface area contributed by atoms with Crippen LogP contribution >= 0.6 is 0 Å². The van der Waals surface area contributed by atoms with E-state index in [1.54, 1.807) is 82.3 Å². The van der Waals surface area contributed by atoms with Crippen molar-refractivity contribution in [1.29, 1.82) is 0 Å². The summed E-state index contributed by atoms with van der Waals surface area (Å²) in [7, 11) is 0. The largest absolute Gasteiger partial charge is 0.478 e. The topological polar surface area (TPSA) is 131 Å². The third-order valence-corrected chi connectivity index (χ3v) is 6.42. The molecular formula is C28H30N4O6. The van der Waals surface area contributed by atoms with Crippen LogP contribution in [0.4, 0.5) is 5.69 Å². The summed E-state index contributed by atoms with van der Waals surface area (Å²) in [6.07, 6.45) is -1.60. The fraction of sp³-hybridized carbons (Fsp3) is 0.321. The Hall–Kier alpha value is -4.31. The summed E-state index contributed by atoms with van der Waals surface area (Å²) in [6, 6.07) is 16.5. The lowest BCUT2D eigenvalue weighted by Crippen LogP contribution is -2.58. The van der Waals surface area contributed by atoms with Crippen LogP contribution < -0.4 is 15.0 Å². The van der Waals surface area contributed by atoms with Gasteiger partial charge in [0.25, 0.3) is 0 Å². The molecule has 0 saturated heterocycles. The number of carboxylic acids is 1. The average molecular weight is 519 g/mol. The van der Waals surface area contributed by atoms with E-state index in [9.17, 15) is 19.5 Å². The molecule has 1 aromatic heterocycles. The number of fused-ring (bicyclic) bond motifs is 1. The maximum Gasteiger partial charge on any atom is 0.347 e. The molecule has 38 heavy (non-hydrogen) atoms. The quantitative estimate of drug-likeness (QED) is 0.432. The van der Waals surface area contributed by atoms with Crippen molar-refractivity contribution >= 4 is 23.5 Å². The highest BCUT2D eigenvalue weighted by Crippen LogP contribution is 2.42. The van der Waals surface area contributed by atoms with E-state index in [1.165, 1.54) is 4.90 Å².